The molecule has 2 rings (SSSR count). The van der Waals surface area contributed by atoms with Crippen molar-refractivity contribution in [2.75, 3.05) is 19.0 Å². The molecule has 1 aliphatic carbocycles. The van der Waals surface area contributed by atoms with Crippen LogP contribution in [-0.2, 0) is 6.54 Å². The SMILES string of the molecule is CNCc1cc(C)nc(N(C)C2CCC(C)CC2)c1. The van der Waals surface area contributed by atoms with E-state index in [1.165, 1.54) is 31.2 Å². The van der Waals surface area contributed by atoms with Crippen molar-refractivity contribution < 1.29 is 0 Å². The lowest BCUT2D eigenvalue weighted by atomic mass is 9.87. The predicted molar refractivity (Wildman–Crippen MR) is 81.6 cm³/mol. The van der Waals surface area contributed by atoms with E-state index in [0.717, 1.165) is 24.0 Å². The summed E-state index contributed by atoms with van der Waals surface area (Å²) in [5.74, 6) is 2.03. The maximum atomic E-state index is 4.71. The van der Waals surface area contributed by atoms with Crippen LogP contribution in [0.1, 0.15) is 43.9 Å². The second-order valence-electron chi connectivity index (χ2n) is 6.03. The molecule has 0 radical (unpaired) electrons. The van der Waals surface area contributed by atoms with E-state index in [2.05, 4.69) is 43.2 Å². The zero-order valence-electron chi connectivity index (χ0n) is 12.7. The van der Waals surface area contributed by atoms with Gasteiger partial charge < -0.3 is 10.2 Å². The zero-order valence-corrected chi connectivity index (χ0v) is 12.7. The number of nitrogens with zero attached hydrogens (tertiary/aromatic N) is 2. The minimum atomic E-state index is 0.660. The highest BCUT2D eigenvalue weighted by Gasteiger charge is 2.22. The van der Waals surface area contributed by atoms with Gasteiger partial charge in [0.15, 0.2) is 0 Å². The van der Waals surface area contributed by atoms with E-state index in [4.69, 9.17) is 4.98 Å². The smallest absolute Gasteiger partial charge is 0.129 e. The Labute approximate surface area is 117 Å². The van der Waals surface area contributed by atoms with Crippen molar-refractivity contribution in [1.82, 2.24) is 10.3 Å². The van der Waals surface area contributed by atoms with Crippen LogP contribution in [0.25, 0.3) is 0 Å². The van der Waals surface area contributed by atoms with Crippen LogP contribution in [0, 0.1) is 12.8 Å². The largest absolute Gasteiger partial charge is 0.357 e. The average molecular weight is 261 g/mol. The second-order valence-corrected chi connectivity index (χ2v) is 6.03. The molecule has 3 nitrogen and oxygen atoms in total. The van der Waals surface area contributed by atoms with Crippen molar-refractivity contribution in [1.29, 1.82) is 0 Å². The Morgan fingerprint density at radius 2 is 1.95 bits per heavy atom. The van der Waals surface area contributed by atoms with E-state index in [1.807, 2.05) is 7.05 Å². The highest BCUT2D eigenvalue weighted by atomic mass is 15.2. The number of hydrogen-bond acceptors (Lipinski definition) is 3. The van der Waals surface area contributed by atoms with Crippen molar-refractivity contribution in [3.63, 3.8) is 0 Å². The first-order valence-corrected chi connectivity index (χ1v) is 7.45. The molecule has 19 heavy (non-hydrogen) atoms. The molecule has 0 amide bonds. The minimum absolute atomic E-state index is 0.660. The Morgan fingerprint density at radius 3 is 2.58 bits per heavy atom. The van der Waals surface area contributed by atoms with Gasteiger partial charge in [0.1, 0.15) is 5.82 Å². The number of pyridine rings is 1. The van der Waals surface area contributed by atoms with Gasteiger partial charge in [0.25, 0.3) is 0 Å². The van der Waals surface area contributed by atoms with Gasteiger partial charge in [-0.05, 0) is 63.3 Å². The Balaban J connectivity index is 2.11. The van der Waals surface area contributed by atoms with Gasteiger partial charge in [-0.25, -0.2) is 4.98 Å². The molecule has 0 bridgehead atoms. The monoisotopic (exact) mass is 261 g/mol. The molecule has 0 aromatic carbocycles. The summed E-state index contributed by atoms with van der Waals surface area (Å²) in [6.45, 7) is 5.36. The third-order valence-electron chi connectivity index (χ3n) is 4.28. The molecule has 1 aliphatic rings. The Morgan fingerprint density at radius 1 is 1.26 bits per heavy atom. The maximum Gasteiger partial charge on any atom is 0.129 e. The van der Waals surface area contributed by atoms with Crippen molar-refractivity contribution in [2.24, 2.45) is 5.92 Å². The molecule has 1 saturated carbocycles. The van der Waals surface area contributed by atoms with Gasteiger partial charge in [0.05, 0.1) is 0 Å². The third kappa shape index (κ3) is 3.69. The number of aromatic nitrogens is 1. The summed E-state index contributed by atoms with van der Waals surface area (Å²) in [6, 6.07) is 5.05. The minimum Gasteiger partial charge on any atom is -0.357 e. The molecule has 0 atom stereocenters. The van der Waals surface area contributed by atoms with Gasteiger partial charge in [-0.2, -0.15) is 0 Å². The molecular weight excluding hydrogens is 234 g/mol. The van der Waals surface area contributed by atoms with E-state index >= 15 is 0 Å². The maximum absolute atomic E-state index is 4.71. The fourth-order valence-electron chi connectivity index (χ4n) is 3.02. The quantitative estimate of drug-likeness (QED) is 0.902. The molecule has 0 aliphatic heterocycles. The first-order chi connectivity index (χ1) is 9.10. The van der Waals surface area contributed by atoms with Gasteiger partial charge in [-0.15, -0.1) is 0 Å². The van der Waals surface area contributed by atoms with E-state index in [0.29, 0.717) is 6.04 Å². The Hall–Kier alpha value is -1.09. The number of nitrogens with one attached hydrogen (secondary N) is 1. The summed E-state index contributed by atoms with van der Waals surface area (Å²) in [7, 11) is 4.19. The van der Waals surface area contributed by atoms with Gasteiger partial charge in [0, 0.05) is 25.3 Å². The van der Waals surface area contributed by atoms with Gasteiger partial charge in [-0.3, -0.25) is 0 Å². The molecule has 0 unspecified atom stereocenters. The average Bonchev–Trinajstić information content (AvgIpc) is 2.38. The predicted octanol–water partition coefficient (Wildman–Crippen LogP) is 3.12. The van der Waals surface area contributed by atoms with Crippen LogP contribution in [-0.4, -0.2) is 25.1 Å². The molecule has 1 heterocycles. The number of rotatable bonds is 4. The number of anilines is 1. The van der Waals surface area contributed by atoms with Crippen LogP contribution in [0.15, 0.2) is 12.1 Å². The van der Waals surface area contributed by atoms with Gasteiger partial charge >= 0.3 is 0 Å². The molecule has 1 fully saturated rings. The lowest BCUT2D eigenvalue weighted by Gasteiger charge is -2.34. The molecule has 0 spiro atoms. The first kappa shape index (κ1) is 14.3. The van der Waals surface area contributed by atoms with Crippen LogP contribution in [0.3, 0.4) is 0 Å². The summed E-state index contributed by atoms with van der Waals surface area (Å²) in [5.41, 5.74) is 2.43. The number of aryl methyl sites for hydroxylation is 1. The topological polar surface area (TPSA) is 28.2 Å². The standard InChI is InChI=1S/C16H27N3/c1-12-5-7-15(8-6-12)19(4)16-10-14(11-17-3)9-13(2)18-16/h9-10,12,15,17H,5-8,11H2,1-4H3. The molecule has 106 valence electrons. The van der Waals surface area contributed by atoms with Gasteiger partial charge in [0.2, 0.25) is 0 Å². The van der Waals surface area contributed by atoms with Crippen LogP contribution in [0.2, 0.25) is 0 Å². The summed E-state index contributed by atoms with van der Waals surface area (Å²) in [5, 5.41) is 3.22. The molecule has 1 aromatic rings. The highest BCUT2D eigenvalue weighted by Crippen LogP contribution is 2.29. The molecule has 3 heteroatoms. The van der Waals surface area contributed by atoms with Crippen molar-refractivity contribution in [3.05, 3.63) is 23.4 Å². The Kier molecular flexibility index (Phi) is 4.81. The Bertz CT molecular complexity index is 408. The van der Waals surface area contributed by atoms with E-state index in [-0.39, 0.29) is 0 Å². The van der Waals surface area contributed by atoms with Crippen molar-refractivity contribution in [3.8, 4) is 0 Å². The second kappa shape index (κ2) is 6.38. The molecule has 0 saturated heterocycles. The lowest BCUT2D eigenvalue weighted by Crippen LogP contribution is -2.35. The van der Waals surface area contributed by atoms with Crippen LogP contribution in [0.5, 0.6) is 0 Å². The van der Waals surface area contributed by atoms with Crippen molar-refractivity contribution >= 4 is 5.82 Å². The fourth-order valence-corrected chi connectivity index (χ4v) is 3.02. The van der Waals surface area contributed by atoms with Crippen LogP contribution >= 0.6 is 0 Å². The summed E-state index contributed by atoms with van der Waals surface area (Å²) < 4.78 is 0. The van der Waals surface area contributed by atoms with E-state index < -0.39 is 0 Å². The van der Waals surface area contributed by atoms with Gasteiger partial charge in [-0.1, -0.05) is 6.92 Å². The van der Waals surface area contributed by atoms with Crippen LogP contribution in [0.4, 0.5) is 5.82 Å². The van der Waals surface area contributed by atoms with E-state index in [1.54, 1.807) is 0 Å². The normalized spacial score (nSPS) is 23.4. The fraction of sp³-hybridized carbons (Fsp3) is 0.688. The highest BCUT2D eigenvalue weighted by molar-refractivity contribution is 5.43. The van der Waals surface area contributed by atoms with Crippen molar-refractivity contribution in [2.45, 2.75) is 52.1 Å². The van der Waals surface area contributed by atoms with Crippen LogP contribution < -0.4 is 10.2 Å². The molecule has 1 aromatic heterocycles. The summed E-state index contributed by atoms with van der Waals surface area (Å²) in [6.07, 6.45) is 5.30. The number of hydrogen-bond donors (Lipinski definition) is 1. The summed E-state index contributed by atoms with van der Waals surface area (Å²) >= 11 is 0. The zero-order chi connectivity index (χ0) is 13.8. The summed E-state index contributed by atoms with van der Waals surface area (Å²) in [4.78, 5) is 7.10. The lowest BCUT2D eigenvalue weighted by molar-refractivity contribution is 0.340. The third-order valence-corrected chi connectivity index (χ3v) is 4.28. The molecular formula is C16H27N3. The first-order valence-electron chi connectivity index (χ1n) is 7.45. The van der Waals surface area contributed by atoms with E-state index in [9.17, 15) is 0 Å². The molecule has 1 N–H and O–H groups in total.